The standard InChI is InChI=1S/C11H13NO3/c1-8-6-9(7-13)4-5-10(8)11(14)12(2)15-3/h4-7H,1-3H3. The van der Waals surface area contributed by atoms with E-state index < -0.39 is 0 Å². The summed E-state index contributed by atoms with van der Waals surface area (Å²) in [5, 5.41) is 1.14. The van der Waals surface area contributed by atoms with Gasteiger partial charge >= 0.3 is 0 Å². The van der Waals surface area contributed by atoms with E-state index in [1.807, 2.05) is 0 Å². The first kappa shape index (κ1) is 11.4. The summed E-state index contributed by atoms with van der Waals surface area (Å²) in [5.74, 6) is -0.229. The molecule has 80 valence electrons. The third-order valence-corrected chi connectivity index (χ3v) is 2.18. The van der Waals surface area contributed by atoms with Crippen molar-refractivity contribution in [3.8, 4) is 0 Å². The minimum Gasteiger partial charge on any atom is -0.298 e. The van der Waals surface area contributed by atoms with Crippen LogP contribution in [0.3, 0.4) is 0 Å². The highest BCUT2D eigenvalue weighted by Crippen LogP contribution is 2.12. The summed E-state index contributed by atoms with van der Waals surface area (Å²) in [6, 6.07) is 4.90. The third-order valence-electron chi connectivity index (χ3n) is 2.18. The van der Waals surface area contributed by atoms with Gasteiger partial charge in [-0.2, -0.15) is 0 Å². The average molecular weight is 207 g/mol. The van der Waals surface area contributed by atoms with Crippen LogP contribution in [0.2, 0.25) is 0 Å². The molecule has 15 heavy (non-hydrogen) atoms. The molecular weight excluding hydrogens is 194 g/mol. The van der Waals surface area contributed by atoms with Crippen molar-refractivity contribution in [3.63, 3.8) is 0 Å². The number of rotatable bonds is 3. The van der Waals surface area contributed by atoms with E-state index in [0.717, 1.165) is 16.9 Å². The van der Waals surface area contributed by atoms with Crippen molar-refractivity contribution in [3.05, 3.63) is 34.9 Å². The van der Waals surface area contributed by atoms with Gasteiger partial charge in [-0.25, -0.2) is 5.06 Å². The predicted molar refractivity (Wildman–Crippen MR) is 55.7 cm³/mol. The lowest BCUT2D eigenvalue weighted by atomic mass is 10.1. The van der Waals surface area contributed by atoms with E-state index in [9.17, 15) is 9.59 Å². The Kier molecular flexibility index (Phi) is 3.57. The minimum absolute atomic E-state index is 0.229. The summed E-state index contributed by atoms with van der Waals surface area (Å²) in [5.41, 5.74) is 1.85. The molecular formula is C11H13NO3. The first-order valence-corrected chi connectivity index (χ1v) is 4.48. The van der Waals surface area contributed by atoms with Crippen molar-refractivity contribution in [1.82, 2.24) is 5.06 Å². The molecule has 0 spiro atoms. The third kappa shape index (κ3) is 2.41. The van der Waals surface area contributed by atoms with E-state index in [1.165, 1.54) is 14.2 Å². The predicted octanol–water partition coefficient (Wildman–Crippen LogP) is 1.44. The number of hydroxylamine groups is 2. The van der Waals surface area contributed by atoms with Crippen LogP contribution >= 0.6 is 0 Å². The highest BCUT2D eigenvalue weighted by atomic mass is 16.7. The Morgan fingerprint density at radius 2 is 2.13 bits per heavy atom. The van der Waals surface area contributed by atoms with Crippen molar-refractivity contribution in [2.24, 2.45) is 0 Å². The molecule has 0 saturated heterocycles. The zero-order valence-corrected chi connectivity index (χ0v) is 8.98. The largest absolute Gasteiger partial charge is 0.298 e. The molecule has 1 amide bonds. The first-order chi connectivity index (χ1) is 7.10. The molecule has 1 aromatic carbocycles. The average Bonchev–Trinajstić information content (AvgIpc) is 2.26. The summed E-state index contributed by atoms with van der Waals surface area (Å²) in [6.07, 6.45) is 0.751. The smallest absolute Gasteiger partial charge is 0.277 e. The van der Waals surface area contributed by atoms with Gasteiger partial charge in [-0.05, 0) is 24.6 Å². The number of carbonyl (C=O) groups is 2. The Labute approximate surface area is 88.4 Å². The van der Waals surface area contributed by atoms with Gasteiger partial charge in [0.1, 0.15) is 6.29 Å². The van der Waals surface area contributed by atoms with Gasteiger partial charge in [-0.1, -0.05) is 6.07 Å². The highest BCUT2D eigenvalue weighted by Gasteiger charge is 2.13. The number of aldehydes is 1. The van der Waals surface area contributed by atoms with Crippen LogP contribution in [0.5, 0.6) is 0 Å². The van der Waals surface area contributed by atoms with Gasteiger partial charge in [0.15, 0.2) is 0 Å². The Bertz CT molecular complexity index is 387. The molecule has 0 atom stereocenters. The number of benzene rings is 1. The second kappa shape index (κ2) is 4.70. The van der Waals surface area contributed by atoms with Gasteiger partial charge in [0.25, 0.3) is 5.91 Å². The molecule has 1 rings (SSSR count). The van der Waals surface area contributed by atoms with E-state index in [2.05, 4.69) is 0 Å². The van der Waals surface area contributed by atoms with Gasteiger partial charge in [-0.3, -0.25) is 14.4 Å². The summed E-state index contributed by atoms with van der Waals surface area (Å²) in [7, 11) is 2.96. The number of hydrogen-bond donors (Lipinski definition) is 0. The van der Waals surface area contributed by atoms with Gasteiger partial charge in [0, 0.05) is 18.2 Å². The van der Waals surface area contributed by atoms with Crippen LogP contribution in [0.25, 0.3) is 0 Å². The molecule has 0 aromatic heterocycles. The van der Waals surface area contributed by atoms with Crippen molar-refractivity contribution >= 4 is 12.2 Å². The maximum Gasteiger partial charge on any atom is 0.277 e. The fraction of sp³-hybridized carbons (Fsp3) is 0.273. The SMILES string of the molecule is CON(C)C(=O)c1ccc(C=O)cc1C. The van der Waals surface area contributed by atoms with Gasteiger partial charge in [0.2, 0.25) is 0 Å². The second-order valence-electron chi connectivity index (χ2n) is 3.18. The van der Waals surface area contributed by atoms with Gasteiger partial charge in [0.05, 0.1) is 7.11 Å². The van der Waals surface area contributed by atoms with E-state index >= 15 is 0 Å². The minimum atomic E-state index is -0.229. The zero-order chi connectivity index (χ0) is 11.4. The normalized spacial score (nSPS) is 9.80. The maximum atomic E-state index is 11.7. The van der Waals surface area contributed by atoms with Crippen LogP contribution in [-0.4, -0.2) is 31.4 Å². The fourth-order valence-electron chi connectivity index (χ4n) is 1.25. The van der Waals surface area contributed by atoms with Crippen molar-refractivity contribution in [2.75, 3.05) is 14.2 Å². The number of carbonyl (C=O) groups excluding carboxylic acids is 2. The molecule has 0 saturated carbocycles. The van der Waals surface area contributed by atoms with Crippen molar-refractivity contribution in [2.45, 2.75) is 6.92 Å². The first-order valence-electron chi connectivity index (χ1n) is 4.48. The molecule has 0 aliphatic carbocycles. The maximum absolute atomic E-state index is 11.7. The Morgan fingerprint density at radius 1 is 1.47 bits per heavy atom. The van der Waals surface area contributed by atoms with Crippen LogP contribution in [0.4, 0.5) is 0 Å². The summed E-state index contributed by atoms with van der Waals surface area (Å²) >= 11 is 0. The molecule has 0 unspecified atom stereocenters. The van der Waals surface area contributed by atoms with Gasteiger partial charge in [-0.15, -0.1) is 0 Å². The molecule has 0 N–H and O–H groups in total. The lowest BCUT2D eigenvalue weighted by Gasteiger charge is -2.15. The fourth-order valence-corrected chi connectivity index (χ4v) is 1.25. The van der Waals surface area contributed by atoms with E-state index in [0.29, 0.717) is 11.1 Å². The lowest BCUT2D eigenvalue weighted by Crippen LogP contribution is -2.26. The number of amides is 1. The number of nitrogens with zero attached hydrogens (tertiary/aromatic N) is 1. The molecule has 0 bridgehead atoms. The van der Waals surface area contributed by atoms with Crippen LogP contribution in [0.15, 0.2) is 18.2 Å². The van der Waals surface area contributed by atoms with Crippen LogP contribution in [0, 0.1) is 6.92 Å². The lowest BCUT2D eigenvalue weighted by molar-refractivity contribution is -0.0757. The molecule has 0 radical (unpaired) electrons. The summed E-state index contributed by atoms with van der Waals surface area (Å²) in [4.78, 5) is 27.0. The van der Waals surface area contributed by atoms with E-state index in [-0.39, 0.29) is 5.91 Å². The topological polar surface area (TPSA) is 46.6 Å². The van der Waals surface area contributed by atoms with E-state index in [4.69, 9.17) is 4.84 Å². The molecule has 0 heterocycles. The monoisotopic (exact) mass is 207 g/mol. The van der Waals surface area contributed by atoms with Crippen molar-refractivity contribution < 1.29 is 14.4 Å². The van der Waals surface area contributed by atoms with Gasteiger partial charge < -0.3 is 0 Å². The highest BCUT2D eigenvalue weighted by molar-refractivity contribution is 5.95. The Hall–Kier alpha value is -1.68. The quantitative estimate of drug-likeness (QED) is 0.556. The van der Waals surface area contributed by atoms with Crippen LogP contribution in [0.1, 0.15) is 26.3 Å². The molecule has 1 aromatic rings. The Balaban J connectivity index is 3.05. The second-order valence-corrected chi connectivity index (χ2v) is 3.18. The molecule has 4 nitrogen and oxygen atoms in total. The summed E-state index contributed by atoms with van der Waals surface area (Å²) in [6.45, 7) is 1.78. The molecule has 4 heteroatoms. The number of hydrogen-bond acceptors (Lipinski definition) is 3. The molecule has 0 fully saturated rings. The molecule has 0 aliphatic heterocycles. The zero-order valence-electron chi connectivity index (χ0n) is 8.98. The molecule has 0 aliphatic rings. The number of aryl methyl sites for hydroxylation is 1. The van der Waals surface area contributed by atoms with Crippen LogP contribution in [-0.2, 0) is 4.84 Å². The van der Waals surface area contributed by atoms with Crippen LogP contribution < -0.4 is 0 Å². The summed E-state index contributed by atoms with van der Waals surface area (Å²) < 4.78 is 0. The van der Waals surface area contributed by atoms with E-state index in [1.54, 1.807) is 25.1 Å². The Morgan fingerprint density at radius 3 is 2.60 bits per heavy atom. The van der Waals surface area contributed by atoms with Crippen molar-refractivity contribution in [1.29, 1.82) is 0 Å².